The highest BCUT2D eigenvalue weighted by atomic mass is 16.5. The number of hydrogen-bond donors (Lipinski definition) is 1. The fourth-order valence-corrected chi connectivity index (χ4v) is 2.38. The van der Waals surface area contributed by atoms with Crippen LogP contribution in [0.15, 0.2) is 35.6 Å². The second-order valence-electron chi connectivity index (χ2n) is 5.23. The van der Waals surface area contributed by atoms with Gasteiger partial charge in [0.05, 0.1) is 31.7 Å². The molecule has 24 heavy (non-hydrogen) atoms. The van der Waals surface area contributed by atoms with Gasteiger partial charge in [0.25, 0.3) is 0 Å². The summed E-state index contributed by atoms with van der Waals surface area (Å²) in [6.07, 6.45) is 3.93. The summed E-state index contributed by atoms with van der Waals surface area (Å²) in [7, 11) is 0. The molecule has 0 aliphatic carbocycles. The van der Waals surface area contributed by atoms with E-state index in [1.807, 2.05) is 24.3 Å². The number of aromatic nitrogens is 3. The molecule has 3 heterocycles. The predicted molar refractivity (Wildman–Crippen MR) is 90.3 cm³/mol. The van der Waals surface area contributed by atoms with Crippen molar-refractivity contribution in [3.8, 4) is 6.01 Å². The average molecular weight is 328 g/mol. The lowest BCUT2D eigenvalue weighted by Gasteiger charge is -2.28. The molecule has 0 atom stereocenters. The van der Waals surface area contributed by atoms with Gasteiger partial charge in [0.2, 0.25) is 0 Å². The van der Waals surface area contributed by atoms with E-state index in [1.54, 1.807) is 6.20 Å². The summed E-state index contributed by atoms with van der Waals surface area (Å²) in [4.78, 5) is 15.2. The molecule has 0 saturated carbocycles. The number of anilines is 1. The van der Waals surface area contributed by atoms with E-state index in [2.05, 4.69) is 25.0 Å². The van der Waals surface area contributed by atoms with Crippen LogP contribution >= 0.6 is 0 Å². The highest BCUT2D eigenvalue weighted by molar-refractivity contribution is 5.78. The standard InChI is InChI=1S/C16H20N6O2/c17-19-12-14-11-15(22-6-9-23-10-7-22)21-16(20-14)24-8-4-13-3-1-2-5-18-13/h1-3,5,11-12H,4,6-10,17H2/b19-12+. The number of ether oxygens (including phenoxy) is 2. The Morgan fingerprint density at radius 3 is 2.92 bits per heavy atom. The summed E-state index contributed by atoms with van der Waals surface area (Å²) in [5, 5.41) is 3.54. The SMILES string of the molecule is N/N=C/c1cc(N2CCOCC2)nc(OCCc2ccccn2)n1. The second-order valence-corrected chi connectivity index (χ2v) is 5.23. The van der Waals surface area contributed by atoms with Crippen molar-refractivity contribution in [1.82, 2.24) is 15.0 Å². The third-order valence-corrected chi connectivity index (χ3v) is 3.57. The van der Waals surface area contributed by atoms with E-state index in [4.69, 9.17) is 15.3 Å². The summed E-state index contributed by atoms with van der Waals surface area (Å²) in [6.45, 7) is 3.37. The average Bonchev–Trinajstić information content (AvgIpc) is 2.63. The minimum Gasteiger partial charge on any atom is -0.463 e. The molecule has 0 unspecified atom stereocenters. The van der Waals surface area contributed by atoms with Crippen LogP contribution in [0.2, 0.25) is 0 Å². The third-order valence-electron chi connectivity index (χ3n) is 3.57. The largest absolute Gasteiger partial charge is 0.463 e. The number of nitrogens with two attached hydrogens (primary N) is 1. The zero-order valence-electron chi connectivity index (χ0n) is 13.3. The lowest BCUT2D eigenvalue weighted by atomic mass is 10.3. The maximum Gasteiger partial charge on any atom is 0.318 e. The molecule has 3 rings (SSSR count). The van der Waals surface area contributed by atoms with Gasteiger partial charge in [-0.1, -0.05) is 6.07 Å². The molecule has 0 radical (unpaired) electrons. The number of rotatable bonds is 6. The number of nitrogens with zero attached hydrogens (tertiary/aromatic N) is 5. The Bertz CT molecular complexity index is 674. The Labute approximate surface area is 140 Å². The van der Waals surface area contributed by atoms with Crippen molar-refractivity contribution in [2.24, 2.45) is 10.9 Å². The topological polar surface area (TPSA) is 98.8 Å². The monoisotopic (exact) mass is 328 g/mol. The molecular formula is C16H20N6O2. The van der Waals surface area contributed by atoms with Crippen molar-refractivity contribution in [2.45, 2.75) is 6.42 Å². The van der Waals surface area contributed by atoms with E-state index in [9.17, 15) is 0 Å². The highest BCUT2D eigenvalue weighted by Crippen LogP contribution is 2.17. The molecule has 1 saturated heterocycles. The summed E-state index contributed by atoms with van der Waals surface area (Å²) in [5.41, 5.74) is 1.58. The van der Waals surface area contributed by atoms with Crippen molar-refractivity contribution in [2.75, 3.05) is 37.8 Å². The molecular weight excluding hydrogens is 308 g/mol. The Morgan fingerprint density at radius 1 is 1.29 bits per heavy atom. The molecule has 1 aliphatic rings. The van der Waals surface area contributed by atoms with Gasteiger partial charge in [-0.3, -0.25) is 4.98 Å². The second kappa shape index (κ2) is 8.21. The van der Waals surface area contributed by atoms with E-state index >= 15 is 0 Å². The van der Waals surface area contributed by atoms with Crippen molar-refractivity contribution in [3.63, 3.8) is 0 Å². The Balaban J connectivity index is 1.69. The van der Waals surface area contributed by atoms with Crippen LogP contribution < -0.4 is 15.5 Å². The van der Waals surface area contributed by atoms with Crippen LogP contribution in [-0.4, -0.2) is 54.1 Å². The number of hydrogen-bond acceptors (Lipinski definition) is 8. The van der Waals surface area contributed by atoms with E-state index in [-0.39, 0.29) is 0 Å². The van der Waals surface area contributed by atoms with Crippen LogP contribution in [0.4, 0.5) is 5.82 Å². The number of morpholine rings is 1. The van der Waals surface area contributed by atoms with Crippen LogP contribution in [0.25, 0.3) is 0 Å². The van der Waals surface area contributed by atoms with Gasteiger partial charge in [0, 0.05) is 37.5 Å². The van der Waals surface area contributed by atoms with E-state index in [0.717, 1.165) is 24.6 Å². The lowest BCUT2D eigenvalue weighted by molar-refractivity contribution is 0.122. The van der Waals surface area contributed by atoms with Gasteiger partial charge in [0.15, 0.2) is 0 Å². The van der Waals surface area contributed by atoms with Gasteiger partial charge >= 0.3 is 6.01 Å². The molecule has 2 aromatic heterocycles. The fraction of sp³-hybridized carbons (Fsp3) is 0.375. The Hall–Kier alpha value is -2.74. The van der Waals surface area contributed by atoms with Crippen molar-refractivity contribution < 1.29 is 9.47 Å². The molecule has 8 heteroatoms. The molecule has 0 aromatic carbocycles. The molecule has 2 aromatic rings. The summed E-state index contributed by atoms with van der Waals surface area (Å²) >= 11 is 0. The highest BCUT2D eigenvalue weighted by Gasteiger charge is 2.15. The molecule has 2 N–H and O–H groups in total. The molecule has 126 valence electrons. The maximum absolute atomic E-state index is 5.71. The predicted octanol–water partition coefficient (Wildman–Crippen LogP) is 0.622. The zero-order valence-corrected chi connectivity index (χ0v) is 13.3. The van der Waals surface area contributed by atoms with Crippen LogP contribution in [0, 0.1) is 0 Å². The first-order chi connectivity index (χ1) is 11.8. The molecule has 0 amide bonds. The van der Waals surface area contributed by atoms with E-state index in [1.165, 1.54) is 6.21 Å². The van der Waals surface area contributed by atoms with Crippen molar-refractivity contribution in [1.29, 1.82) is 0 Å². The van der Waals surface area contributed by atoms with Gasteiger partial charge in [0.1, 0.15) is 5.82 Å². The molecule has 8 nitrogen and oxygen atoms in total. The first-order valence-electron chi connectivity index (χ1n) is 7.83. The lowest BCUT2D eigenvalue weighted by Crippen LogP contribution is -2.37. The molecule has 1 fully saturated rings. The van der Waals surface area contributed by atoms with Crippen molar-refractivity contribution >= 4 is 12.0 Å². The van der Waals surface area contributed by atoms with Gasteiger partial charge in [-0.25, -0.2) is 0 Å². The van der Waals surface area contributed by atoms with Crippen molar-refractivity contribution in [3.05, 3.63) is 41.9 Å². The first kappa shape index (κ1) is 16.1. The number of pyridine rings is 1. The van der Waals surface area contributed by atoms with Crippen LogP contribution in [-0.2, 0) is 11.2 Å². The zero-order chi connectivity index (χ0) is 16.6. The smallest absolute Gasteiger partial charge is 0.318 e. The van der Waals surface area contributed by atoms with Gasteiger partial charge < -0.3 is 20.2 Å². The minimum absolute atomic E-state index is 0.310. The quantitative estimate of drug-likeness (QED) is 0.471. The number of hydrazone groups is 1. The van der Waals surface area contributed by atoms with Crippen LogP contribution in [0.1, 0.15) is 11.4 Å². The van der Waals surface area contributed by atoms with Crippen LogP contribution in [0.3, 0.4) is 0 Å². The molecule has 0 bridgehead atoms. The minimum atomic E-state index is 0.310. The van der Waals surface area contributed by atoms with Gasteiger partial charge in [-0.15, -0.1) is 0 Å². The summed E-state index contributed by atoms with van der Waals surface area (Å²) in [6, 6.07) is 7.95. The Kier molecular flexibility index (Phi) is 5.52. The summed E-state index contributed by atoms with van der Waals surface area (Å²) in [5.74, 6) is 6.03. The third kappa shape index (κ3) is 4.39. The normalized spacial score (nSPS) is 14.9. The van der Waals surface area contributed by atoms with E-state index in [0.29, 0.717) is 37.9 Å². The first-order valence-corrected chi connectivity index (χ1v) is 7.83. The van der Waals surface area contributed by atoms with Gasteiger partial charge in [-0.2, -0.15) is 15.1 Å². The van der Waals surface area contributed by atoms with Crippen LogP contribution in [0.5, 0.6) is 6.01 Å². The van der Waals surface area contributed by atoms with Gasteiger partial charge in [-0.05, 0) is 12.1 Å². The maximum atomic E-state index is 5.71. The Morgan fingerprint density at radius 2 is 2.17 bits per heavy atom. The van der Waals surface area contributed by atoms with E-state index < -0.39 is 0 Å². The fourth-order valence-electron chi connectivity index (χ4n) is 2.38. The summed E-state index contributed by atoms with van der Waals surface area (Å²) < 4.78 is 11.1. The molecule has 0 spiro atoms. The molecule has 1 aliphatic heterocycles.